The summed E-state index contributed by atoms with van der Waals surface area (Å²) < 4.78 is 15.3. The van der Waals surface area contributed by atoms with Gasteiger partial charge in [-0.1, -0.05) is 20.8 Å². The molecule has 0 amide bonds. The number of allylic oxidation sites excluding steroid dienone is 2. The molecule has 0 unspecified atom stereocenters. The van der Waals surface area contributed by atoms with Crippen molar-refractivity contribution in [2.45, 2.75) is 39.0 Å². The Morgan fingerprint density at radius 2 is 1.84 bits per heavy atom. The fourth-order valence-corrected chi connectivity index (χ4v) is 2.93. The van der Waals surface area contributed by atoms with E-state index in [4.69, 9.17) is 19.5 Å². The highest BCUT2D eigenvalue weighted by Crippen LogP contribution is 2.49. The molecule has 0 atom stereocenters. The van der Waals surface area contributed by atoms with Crippen LogP contribution < -0.4 is 9.47 Å². The Bertz CT molecular complexity index is 682. The van der Waals surface area contributed by atoms with Crippen molar-refractivity contribution in [1.82, 2.24) is 0 Å². The number of aldehydes is 1. The van der Waals surface area contributed by atoms with Crippen LogP contribution in [0.1, 0.15) is 44.7 Å². The molecule has 1 aromatic rings. The second-order valence-electron chi connectivity index (χ2n) is 6.43. The molecule has 0 aromatic heterocycles. The van der Waals surface area contributed by atoms with Crippen molar-refractivity contribution >= 4 is 11.9 Å². The van der Waals surface area contributed by atoms with E-state index in [1.165, 1.54) is 0 Å². The lowest BCUT2D eigenvalue weighted by atomic mass is 9.86. The van der Waals surface area contributed by atoms with Crippen molar-refractivity contribution in [3.8, 4) is 17.6 Å². The third-order valence-corrected chi connectivity index (χ3v) is 4.17. The van der Waals surface area contributed by atoms with Gasteiger partial charge < -0.3 is 14.2 Å². The van der Waals surface area contributed by atoms with Gasteiger partial charge in [-0.2, -0.15) is 5.26 Å². The molecule has 0 saturated heterocycles. The van der Waals surface area contributed by atoms with Crippen LogP contribution in [0.25, 0.3) is 5.57 Å². The minimum Gasteiger partial charge on any atom is -0.493 e. The van der Waals surface area contributed by atoms with Crippen LogP contribution in [-0.4, -0.2) is 34.2 Å². The Hall–Kier alpha value is -2.32. The van der Waals surface area contributed by atoms with E-state index < -0.39 is 0 Å². The lowest BCUT2D eigenvalue weighted by Crippen LogP contribution is -2.12. The number of rotatable bonds is 5. The van der Waals surface area contributed by atoms with E-state index in [9.17, 15) is 4.79 Å². The van der Waals surface area contributed by atoms with E-state index in [0.717, 1.165) is 29.7 Å². The van der Waals surface area contributed by atoms with E-state index >= 15 is 0 Å². The molecule has 0 bridgehead atoms. The summed E-state index contributed by atoms with van der Waals surface area (Å²) in [6.07, 6.45) is 2.40. The van der Waals surface area contributed by atoms with E-state index in [1.54, 1.807) is 21.3 Å². The number of hydrogen-bond donors (Lipinski definition) is 0. The third-order valence-electron chi connectivity index (χ3n) is 4.17. The molecule has 0 spiro atoms. The summed E-state index contributed by atoms with van der Waals surface area (Å²) in [5, 5.41) is 9.11. The Morgan fingerprint density at radius 1 is 1.24 bits per heavy atom. The van der Waals surface area contributed by atoms with Crippen LogP contribution in [0.15, 0.2) is 17.7 Å². The molecule has 2 rings (SSSR count). The maximum Gasteiger partial charge on any atom is 0.161 e. The number of benzene rings is 1. The third kappa shape index (κ3) is 4.61. The van der Waals surface area contributed by atoms with Crippen LogP contribution in [-0.2, 0) is 14.9 Å². The molecule has 136 valence electrons. The molecule has 5 heteroatoms. The number of methoxy groups -OCH3 is 3. The number of nitrogens with zero attached hydrogens (tertiary/aromatic N) is 1. The predicted molar refractivity (Wildman–Crippen MR) is 98.0 cm³/mol. The molecular formula is C20H27NO4. The van der Waals surface area contributed by atoms with Crippen LogP contribution in [0, 0.1) is 11.3 Å². The van der Waals surface area contributed by atoms with Crippen molar-refractivity contribution < 1.29 is 19.0 Å². The fourth-order valence-electron chi connectivity index (χ4n) is 2.93. The summed E-state index contributed by atoms with van der Waals surface area (Å²) >= 11 is 0. The normalized spacial score (nSPS) is 16.0. The van der Waals surface area contributed by atoms with Crippen LogP contribution in [0.2, 0.25) is 0 Å². The van der Waals surface area contributed by atoms with E-state index in [0.29, 0.717) is 24.2 Å². The standard InChI is InChI=1S/C16H17NO3.C4H10O/c1-16(2)7-12(10(8-17)9-18)11-5-14(19-3)15(20-4)6-13(11)16;1-3-4-5-2/h5-6,9H,7H2,1-4H3;3-4H2,1-2H3/b12-10+;. The Labute approximate surface area is 150 Å². The minimum absolute atomic E-state index is 0.144. The largest absolute Gasteiger partial charge is 0.493 e. The van der Waals surface area contributed by atoms with Gasteiger partial charge in [0.05, 0.1) is 19.8 Å². The highest BCUT2D eigenvalue weighted by Gasteiger charge is 2.36. The SMILES string of the molecule is CCCOC.COc1cc2c(cc1OC)C(C)(C)C/C2=C(/C#N)C=O. The summed E-state index contributed by atoms with van der Waals surface area (Å²) in [5.74, 6) is 1.26. The van der Waals surface area contributed by atoms with Crippen LogP contribution >= 0.6 is 0 Å². The van der Waals surface area contributed by atoms with E-state index in [2.05, 4.69) is 20.8 Å². The van der Waals surface area contributed by atoms with Crippen LogP contribution in [0.3, 0.4) is 0 Å². The van der Waals surface area contributed by atoms with Gasteiger partial charge in [0.15, 0.2) is 17.8 Å². The lowest BCUT2D eigenvalue weighted by Gasteiger charge is -2.19. The maximum absolute atomic E-state index is 11.1. The molecule has 5 nitrogen and oxygen atoms in total. The minimum atomic E-state index is -0.144. The van der Waals surface area contributed by atoms with Gasteiger partial charge in [-0.25, -0.2) is 0 Å². The number of hydrogen-bond acceptors (Lipinski definition) is 5. The van der Waals surface area contributed by atoms with Crippen LogP contribution in [0.5, 0.6) is 11.5 Å². The first-order chi connectivity index (χ1) is 11.9. The quantitative estimate of drug-likeness (QED) is 0.460. The van der Waals surface area contributed by atoms with E-state index in [1.807, 2.05) is 18.2 Å². The monoisotopic (exact) mass is 345 g/mol. The summed E-state index contributed by atoms with van der Waals surface area (Å²) in [6.45, 7) is 7.15. The first-order valence-corrected chi connectivity index (χ1v) is 8.24. The first kappa shape index (κ1) is 20.7. The lowest BCUT2D eigenvalue weighted by molar-refractivity contribution is -0.104. The van der Waals surface area contributed by atoms with E-state index in [-0.39, 0.29) is 11.0 Å². The Morgan fingerprint density at radius 3 is 2.24 bits per heavy atom. The van der Waals surface area contributed by atoms with Crippen molar-refractivity contribution in [3.63, 3.8) is 0 Å². The summed E-state index contributed by atoms with van der Waals surface area (Å²) in [7, 11) is 4.87. The van der Waals surface area contributed by atoms with Gasteiger partial charge in [-0.05, 0) is 47.1 Å². The van der Waals surface area contributed by atoms with Crippen molar-refractivity contribution in [2.24, 2.45) is 0 Å². The summed E-state index contributed by atoms with van der Waals surface area (Å²) in [4.78, 5) is 11.1. The molecule has 0 fully saturated rings. The molecule has 1 aliphatic rings. The predicted octanol–water partition coefficient (Wildman–Crippen LogP) is 3.90. The van der Waals surface area contributed by atoms with Crippen LogP contribution in [0.4, 0.5) is 0 Å². The average molecular weight is 345 g/mol. The first-order valence-electron chi connectivity index (χ1n) is 8.24. The summed E-state index contributed by atoms with van der Waals surface area (Å²) in [6, 6.07) is 5.76. The van der Waals surface area contributed by atoms with Crippen molar-refractivity contribution in [2.75, 3.05) is 27.9 Å². The molecule has 1 aromatic carbocycles. The Balaban J connectivity index is 0.000000550. The number of ether oxygens (including phenoxy) is 3. The summed E-state index contributed by atoms with van der Waals surface area (Å²) in [5.41, 5.74) is 2.79. The van der Waals surface area contributed by atoms with Gasteiger partial charge in [0.1, 0.15) is 6.07 Å². The Kier molecular flexibility index (Phi) is 7.66. The number of nitriles is 1. The zero-order valence-electron chi connectivity index (χ0n) is 15.9. The highest BCUT2D eigenvalue weighted by atomic mass is 16.5. The smallest absolute Gasteiger partial charge is 0.161 e. The maximum atomic E-state index is 11.1. The molecular weight excluding hydrogens is 318 g/mol. The van der Waals surface area contributed by atoms with Gasteiger partial charge in [0.2, 0.25) is 0 Å². The van der Waals surface area contributed by atoms with Gasteiger partial charge in [-0.15, -0.1) is 0 Å². The van der Waals surface area contributed by atoms with Crippen molar-refractivity contribution in [1.29, 1.82) is 5.26 Å². The molecule has 0 aliphatic heterocycles. The number of fused-ring (bicyclic) bond motifs is 1. The van der Waals surface area contributed by atoms with Crippen molar-refractivity contribution in [3.05, 3.63) is 28.8 Å². The number of carbonyl (C=O) groups excluding carboxylic acids is 1. The van der Waals surface area contributed by atoms with Gasteiger partial charge >= 0.3 is 0 Å². The molecule has 0 heterocycles. The molecule has 25 heavy (non-hydrogen) atoms. The average Bonchev–Trinajstić information content (AvgIpc) is 2.86. The fraction of sp³-hybridized carbons (Fsp3) is 0.500. The second kappa shape index (κ2) is 9.24. The van der Waals surface area contributed by atoms with Gasteiger partial charge in [0.25, 0.3) is 0 Å². The second-order valence-corrected chi connectivity index (χ2v) is 6.43. The zero-order chi connectivity index (χ0) is 19.0. The molecule has 0 N–H and O–H groups in total. The zero-order valence-corrected chi connectivity index (χ0v) is 15.9. The molecule has 0 radical (unpaired) electrons. The topological polar surface area (TPSA) is 68.6 Å². The van der Waals surface area contributed by atoms with Gasteiger partial charge in [-0.3, -0.25) is 4.79 Å². The highest BCUT2D eigenvalue weighted by molar-refractivity contribution is 5.95. The number of carbonyl (C=O) groups is 1. The van der Waals surface area contributed by atoms with Gasteiger partial charge in [0, 0.05) is 13.7 Å². The molecule has 1 aliphatic carbocycles. The molecule has 0 saturated carbocycles.